The van der Waals surface area contributed by atoms with E-state index in [0.717, 1.165) is 22.9 Å². The maximum absolute atomic E-state index is 8.72. The van der Waals surface area contributed by atoms with Crippen molar-refractivity contribution < 1.29 is 0 Å². The lowest BCUT2D eigenvalue weighted by Gasteiger charge is -2.10. The smallest absolute Gasteiger partial charge is 0.214 e. The zero-order valence-electron chi connectivity index (χ0n) is 10.2. The van der Waals surface area contributed by atoms with Crippen LogP contribution in [0.1, 0.15) is 37.4 Å². The van der Waals surface area contributed by atoms with Crippen molar-refractivity contribution in [2.45, 2.75) is 41.8 Å². The Hall–Kier alpha value is -1.94. The summed E-state index contributed by atoms with van der Waals surface area (Å²) in [5.41, 5.74) is 0.416. The lowest BCUT2D eigenvalue weighted by molar-refractivity contribution is 0.423. The van der Waals surface area contributed by atoms with Gasteiger partial charge in [0.15, 0.2) is 0 Å². The number of hydrogen-bond donors (Lipinski definition) is 0. The Bertz CT molecular complexity index is 593. The number of nitrogens with zero attached hydrogens (tertiary/aromatic N) is 6. The van der Waals surface area contributed by atoms with Crippen molar-refractivity contribution in [1.29, 1.82) is 5.26 Å². The molecule has 0 aliphatic heterocycles. The molecule has 1 fully saturated rings. The molecule has 0 radical (unpaired) electrons. The molecule has 19 heavy (non-hydrogen) atoms. The average molecular weight is 272 g/mol. The molecule has 7 heteroatoms. The van der Waals surface area contributed by atoms with Gasteiger partial charge in [-0.2, -0.15) is 5.26 Å². The number of hydrogen-bond acceptors (Lipinski definition) is 6. The number of aromatic nitrogens is 5. The summed E-state index contributed by atoms with van der Waals surface area (Å²) < 4.78 is 1.91. The third-order valence-corrected chi connectivity index (χ3v) is 4.12. The Kier molecular flexibility index (Phi) is 3.42. The molecule has 0 saturated heterocycles. The molecule has 0 amide bonds. The fourth-order valence-electron chi connectivity index (χ4n) is 2.24. The highest BCUT2D eigenvalue weighted by Gasteiger charge is 2.21. The molecule has 1 aliphatic carbocycles. The summed E-state index contributed by atoms with van der Waals surface area (Å²) >= 11 is 1.48. The Morgan fingerprint density at radius 1 is 1.32 bits per heavy atom. The van der Waals surface area contributed by atoms with E-state index < -0.39 is 0 Å². The van der Waals surface area contributed by atoms with Gasteiger partial charge in [-0.3, -0.25) is 0 Å². The summed E-state index contributed by atoms with van der Waals surface area (Å²) in [6, 6.07) is 5.99. The lowest BCUT2D eigenvalue weighted by Crippen LogP contribution is -2.08. The number of rotatable bonds is 3. The van der Waals surface area contributed by atoms with Crippen LogP contribution in [0.3, 0.4) is 0 Å². The summed E-state index contributed by atoms with van der Waals surface area (Å²) in [7, 11) is 0. The Labute approximate surface area is 114 Å². The molecule has 2 heterocycles. The largest absolute Gasteiger partial charge is 0.244 e. The molecule has 0 N–H and O–H groups in total. The molecule has 2 aromatic heterocycles. The van der Waals surface area contributed by atoms with Crippen LogP contribution in [0.25, 0.3) is 0 Å². The van der Waals surface area contributed by atoms with E-state index in [2.05, 4.69) is 20.5 Å². The maximum atomic E-state index is 8.72. The van der Waals surface area contributed by atoms with Crippen LogP contribution < -0.4 is 0 Å². The second-order valence-electron chi connectivity index (χ2n) is 4.44. The lowest BCUT2D eigenvalue weighted by atomic mass is 10.3. The minimum absolute atomic E-state index is 0.416. The highest BCUT2D eigenvalue weighted by Crippen LogP contribution is 2.33. The van der Waals surface area contributed by atoms with Gasteiger partial charge >= 0.3 is 0 Å². The van der Waals surface area contributed by atoms with Crippen LogP contribution in [0.15, 0.2) is 28.4 Å². The van der Waals surface area contributed by atoms with E-state index in [4.69, 9.17) is 5.26 Å². The van der Waals surface area contributed by atoms with Crippen LogP contribution in [-0.4, -0.2) is 25.2 Å². The van der Waals surface area contributed by atoms with E-state index in [0.29, 0.717) is 11.7 Å². The van der Waals surface area contributed by atoms with E-state index >= 15 is 0 Å². The number of nitriles is 1. The van der Waals surface area contributed by atoms with Gasteiger partial charge in [0.2, 0.25) is 5.16 Å². The fraction of sp³-hybridized carbons (Fsp3) is 0.417. The molecule has 6 nitrogen and oxygen atoms in total. The monoisotopic (exact) mass is 272 g/mol. The zero-order chi connectivity index (χ0) is 13.1. The predicted octanol–water partition coefficient (Wildman–Crippen LogP) is 2.21. The molecule has 2 aromatic rings. The minimum Gasteiger partial charge on any atom is -0.244 e. The van der Waals surface area contributed by atoms with Gasteiger partial charge in [0.1, 0.15) is 11.8 Å². The molecule has 0 aromatic carbocycles. The Morgan fingerprint density at radius 2 is 2.16 bits per heavy atom. The molecule has 96 valence electrons. The van der Waals surface area contributed by atoms with Crippen LogP contribution in [0.2, 0.25) is 0 Å². The topological polar surface area (TPSA) is 80.3 Å². The number of pyridine rings is 1. The van der Waals surface area contributed by atoms with Gasteiger partial charge in [-0.25, -0.2) is 9.67 Å². The van der Waals surface area contributed by atoms with Crippen molar-refractivity contribution in [3.8, 4) is 6.07 Å². The van der Waals surface area contributed by atoms with Crippen molar-refractivity contribution >= 4 is 11.8 Å². The van der Waals surface area contributed by atoms with E-state index in [-0.39, 0.29) is 0 Å². The SMILES string of the molecule is N#Cc1ccc(Sc2nnnn2C2CCCC2)cn1. The van der Waals surface area contributed by atoms with Gasteiger partial charge in [0.05, 0.1) is 6.04 Å². The van der Waals surface area contributed by atoms with Gasteiger partial charge in [0, 0.05) is 11.1 Å². The standard InChI is InChI=1S/C12H12N6S/c13-7-9-5-6-11(8-14-9)19-12-15-16-17-18(12)10-3-1-2-4-10/h5-6,8,10H,1-4H2. The Balaban J connectivity index is 1.79. The Morgan fingerprint density at radius 3 is 2.84 bits per heavy atom. The third kappa shape index (κ3) is 2.58. The first kappa shape index (κ1) is 12.1. The molecule has 0 spiro atoms. The van der Waals surface area contributed by atoms with Crippen LogP contribution in [0.4, 0.5) is 0 Å². The molecule has 0 bridgehead atoms. The summed E-state index contributed by atoms with van der Waals surface area (Å²) in [5, 5.41) is 21.4. The highest BCUT2D eigenvalue weighted by atomic mass is 32.2. The van der Waals surface area contributed by atoms with Gasteiger partial charge in [0.25, 0.3) is 0 Å². The van der Waals surface area contributed by atoms with Crippen molar-refractivity contribution in [1.82, 2.24) is 25.2 Å². The average Bonchev–Trinajstić information content (AvgIpc) is 3.10. The van der Waals surface area contributed by atoms with E-state index in [9.17, 15) is 0 Å². The molecular formula is C12H12N6S. The molecule has 0 atom stereocenters. The van der Waals surface area contributed by atoms with E-state index in [1.54, 1.807) is 12.3 Å². The molecule has 0 unspecified atom stereocenters. The first-order chi connectivity index (χ1) is 9.36. The minimum atomic E-state index is 0.416. The second-order valence-corrected chi connectivity index (χ2v) is 5.48. The summed E-state index contributed by atoms with van der Waals surface area (Å²) in [5.74, 6) is 0. The first-order valence-electron chi connectivity index (χ1n) is 6.18. The quantitative estimate of drug-likeness (QED) is 0.852. The van der Waals surface area contributed by atoms with Crippen molar-refractivity contribution in [3.63, 3.8) is 0 Å². The fourth-order valence-corrected chi connectivity index (χ4v) is 3.05. The normalized spacial score (nSPS) is 15.5. The number of tetrazole rings is 1. The van der Waals surface area contributed by atoms with Crippen molar-refractivity contribution in [2.75, 3.05) is 0 Å². The molecular weight excluding hydrogens is 260 g/mol. The summed E-state index contributed by atoms with van der Waals surface area (Å²) in [6.45, 7) is 0. The maximum Gasteiger partial charge on any atom is 0.214 e. The first-order valence-corrected chi connectivity index (χ1v) is 7.00. The molecule has 1 saturated carbocycles. The van der Waals surface area contributed by atoms with Crippen molar-refractivity contribution in [3.05, 3.63) is 24.0 Å². The van der Waals surface area contributed by atoms with Crippen LogP contribution in [0.5, 0.6) is 0 Å². The van der Waals surface area contributed by atoms with Crippen LogP contribution >= 0.6 is 11.8 Å². The van der Waals surface area contributed by atoms with E-state index in [1.165, 1.54) is 24.6 Å². The molecule has 3 rings (SSSR count). The van der Waals surface area contributed by atoms with Gasteiger partial charge < -0.3 is 0 Å². The van der Waals surface area contributed by atoms with Crippen LogP contribution in [0, 0.1) is 11.3 Å². The molecule has 1 aliphatic rings. The highest BCUT2D eigenvalue weighted by molar-refractivity contribution is 7.99. The summed E-state index contributed by atoms with van der Waals surface area (Å²) in [4.78, 5) is 4.98. The zero-order valence-corrected chi connectivity index (χ0v) is 11.0. The van der Waals surface area contributed by atoms with Crippen molar-refractivity contribution in [2.24, 2.45) is 0 Å². The summed E-state index contributed by atoms with van der Waals surface area (Å²) in [6.07, 6.45) is 6.45. The van der Waals surface area contributed by atoms with E-state index in [1.807, 2.05) is 16.8 Å². The third-order valence-electron chi connectivity index (χ3n) is 3.19. The van der Waals surface area contributed by atoms with Gasteiger partial charge in [-0.05, 0) is 47.2 Å². The van der Waals surface area contributed by atoms with Crippen LogP contribution in [-0.2, 0) is 0 Å². The van der Waals surface area contributed by atoms with Gasteiger partial charge in [-0.15, -0.1) is 5.10 Å². The second kappa shape index (κ2) is 5.36. The van der Waals surface area contributed by atoms with Gasteiger partial charge in [-0.1, -0.05) is 12.8 Å². The predicted molar refractivity (Wildman–Crippen MR) is 68.4 cm³/mol.